The van der Waals surface area contributed by atoms with E-state index in [0.717, 1.165) is 6.42 Å². The maximum atomic E-state index is 2.29. The molecule has 0 spiro atoms. The average molecular weight is 209 g/mol. The van der Waals surface area contributed by atoms with Crippen LogP contribution < -0.4 is 4.90 Å². The molecule has 0 unspecified atom stereocenters. The average Bonchev–Trinajstić information content (AvgIpc) is 2.31. The summed E-state index contributed by atoms with van der Waals surface area (Å²) in [5.74, 6) is 0. The van der Waals surface area contributed by atoms with Crippen LogP contribution in [-0.4, -0.2) is 7.05 Å². The van der Waals surface area contributed by atoms with Crippen LogP contribution in [0.4, 0.5) is 11.4 Å². The summed E-state index contributed by atoms with van der Waals surface area (Å²) < 4.78 is 0. The highest BCUT2D eigenvalue weighted by atomic mass is 15.1. The summed E-state index contributed by atoms with van der Waals surface area (Å²) in [5, 5.41) is 0. The molecule has 0 aromatic heterocycles. The van der Waals surface area contributed by atoms with Crippen molar-refractivity contribution in [3.63, 3.8) is 0 Å². The lowest BCUT2D eigenvalue weighted by Gasteiger charge is -2.30. The second-order valence-electron chi connectivity index (χ2n) is 4.50. The smallest absolute Gasteiger partial charge is 0.0446 e. The third-order valence-corrected chi connectivity index (χ3v) is 3.34. The van der Waals surface area contributed by atoms with E-state index in [9.17, 15) is 0 Å². The third-order valence-electron chi connectivity index (χ3n) is 3.34. The van der Waals surface area contributed by atoms with Gasteiger partial charge in [0.1, 0.15) is 0 Å². The number of aryl methyl sites for hydroxylation is 1. The lowest BCUT2D eigenvalue weighted by molar-refractivity contribution is 1.05. The number of rotatable bonds is 0. The molecular weight excluding hydrogens is 194 g/mol. The Labute approximate surface area is 96.3 Å². The zero-order chi connectivity index (χ0) is 11.1. The van der Waals surface area contributed by atoms with Gasteiger partial charge in [-0.2, -0.15) is 0 Å². The van der Waals surface area contributed by atoms with Crippen LogP contribution in [0.3, 0.4) is 0 Å². The zero-order valence-electron chi connectivity index (χ0n) is 9.70. The molecule has 0 saturated heterocycles. The summed E-state index contributed by atoms with van der Waals surface area (Å²) >= 11 is 0. The van der Waals surface area contributed by atoms with Gasteiger partial charge in [-0.1, -0.05) is 30.3 Å². The molecule has 1 aliphatic heterocycles. The largest absolute Gasteiger partial charge is 0.344 e. The fourth-order valence-electron chi connectivity index (χ4n) is 2.46. The third kappa shape index (κ3) is 1.32. The van der Waals surface area contributed by atoms with Gasteiger partial charge in [-0.3, -0.25) is 0 Å². The highest BCUT2D eigenvalue weighted by molar-refractivity contribution is 5.73. The second-order valence-corrected chi connectivity index (χ2v) is 4.50. The summed E-state index contributed by atoms with van der Waals surface area (Å²) in [6, 6.07) is 15.3. The number of benzene rings is 2. The van der Waals surface area contributed by atoms with Gasteiger partial charge in [-0.15, -0.1) is 0 Å². The highest BCUT2D eigenvalue weighted by Gasteiger charge is 2.18. The van der Waals surface area contributed by atoms with E-state index in [1.807, 2.05) is 0 Å². The molecule has 1 aliphatic rings. The Bertz CT molecular complexity index is 543. The Kier molecular flexibility index (Phi) is 2.00. The Morgan fingerprint density at radius 2 is 1.69 bits per heavy atom. The van der Waals surface area contributed by atoms with Gasteiger partial charge in [0.2, 0.25) is 0 Å². The number of para-hydroxylation sites is 1. The Morgan fingerprint density at radius 3 is 2.56 bits per heavy atom. The predicted molar refractivity (Wildman–Crippen MR) is 68.5 cm³/mol. The standard InChI is InChI=1S/C15H15N/c1-11-7-8-13-10-12-5-3-4-6-14(12)16(2)15(13)9-11/h3-9H,10H2,1-2H3. The van der Waals surface area contributed by atoms with Gasteiger partial charge in [0.05, 0.1) is 0 Å². The molecule has 1 nitrogen and oxygen atoms in total. The molecule has 1 heteroatoms. The molecule has 0 fully saturated rings. The fourth-order valence-corrected chi connectivity index (χ4v) is 2.46. The lowest BCUT2D eigenvalue weighted by atomic mass is 9.95. The lowest BCUT2D eigenvalue weighted by Crippen LogP contribution is -2.18. The molecule has 0 atom stereocenters. The van der Waals surface area contributed by atoms with Crippen LogP contribution in [0.5, 0.6) is 0 Å². The Morgan fingerprint density at radius 1 is 0.938 bits per heavy atom. The maximum Gasteiger partial charge on any atom is 0.0446 e. The quantitative estimate of drug-likeness (QED) is 0.640. The SMILES string of the molecule is Cc1ccc2c(c1)N(C)c1ccccc1C2. The van der Waals surface area contributed by atoms with E-state index < -0.39 is 0 Å². The van der Waals surface area contributed by atoms with E-state index in [2.05, 4.69) is 61.3 Å². The minimum absolute atomic E-state index is 1.05. The first-order valence-corrected chi connectivity index (χ1v) is 5.67. The molecule has 0 amide bonds. The zero-order valence-corrected chi connectivity index (χ0v) is 9.70. The minimum Gasteiger partial charge on any atom is -0.344 e. The molecule has 0 bridgehead atoms. The molecular formula is C15H15N. The minimum atomic E-state index is 1.05. The van der Waals surface area contributed by atoms with Crippen molar-refractivity contribution >= 4 is 11.4 Å². The topological polar surface area (TPSA) is 3.24 Å². The summed E-state index contributed by atoms with van der Waals surface area (Å²) in [4.78, 5) is 2.29. The Balaban J connectivity index is 2.19. The van der Waals surface area contributed by atoms with Crippen LogP contribution in [-0.2, 0) is 6.42 Å². The van der Waals surface area contributed by atoms with Crippen LogP contribution in [0.2, 0.25) is 0 Å². The normalized spacial score (nSPS) is 13.2. The van der Waals surface area contributed by atoms with Gasteiger partial charge in [0.15, 0.2) is 0 Å². The molecule has 3 rings (SSSR count). The van der Waals surface area contributed by atoms with Crippen molar-refractivity contribution in [3.8, 4) is 0 Å². The maximum absolute atomic E-state index is 2.29. The van der Waals surface area contributed by atoms with Gasteiger partial charge in [0, 0.05) is 24.8 Å². The van der Waals surface area contributed by atoms with Crippen LogP contribution in [0.1, 0.15) is 16.7 Å². The molecule has 0 radical (unpaired) electrons. The van der Waals surface area contributed by atoms with Gasteiger partial charge in [-0.05, 0) is 35.7 Å². The van der Waals surface area contributed by atoms with Gasteiger partial charge in [-0.25, -0.2) is 0 Å². The first kappa shape index (κ1) is 9.46. The van der Waals surface area contributed by atoms with E-state index in [0.29, 0.717) is 0 Å². The van der Waals surface area contributed by atoms with Crippen molar-refractivity contribution in [2.24, 2.45) is 0 Å². The number of hydrogen-bond acceptors (Lipinski definition) is 1. The first-order valence-electron chi connectivity index (χ1n) is 5.67. The molecule has 0 saturated carbocycles. The summed E-state index contributed by atoms with van der Waals surface area (Å²) in [5.41, 5.74) is 6.84. The van der Waals surface area contributed by atoms with Crippen molar-refractivity contribution in [3.05, 3.63) is 59.2 Å². The highest BCUT2D eigenvalue weighted by Crippen LogP contribution is 2.37. The summed E-state index contributed by atoms with van der Waals surface area (Å²) in [7, 11) is 2.15. The van der Waals surface area contributed by atoms with E-state index in [-0.39, 0.29) is 0 Å². The van der Waals surface area contributed by atoms with E-state index >= 15 is 0 Å². The summed E-state index contributed by atoms with van der Waals surface area (Å²) in [6.45, 7) is 2.15. The molecule has 16 heavy (non-hydrogen) atoms. The Hall–Kier alpha value is -1.76. The van der Waals surface area contributed by atoms with E-state index in [4.69, 9.17) is 0 Å². The van der Waals surface area contributed by atoms with Crippen LogP contribution in [0, 0.1) is 6.92 Å². The second kappa shape index (κ2) is 3.38. The van der Waals surface area contributed by atoms with E-state index in [1.165, 1.54) is 28.1 Å². The molecule has 1 heterocycles. The van der Waals surface area contributed by atoms with Crippen LogP contribution >= 0.6 is 0 Å². The van der Waals surface area contributed by atoms with Crippen molar-refractivity contribution < 1.29 is 0 Å². The van der Waals surface area contributed by atoms with Crippen molar-refractivity contribution in [2.75, 3.05) is 11.9 Å². The van der Waals surface area contributed by atoms with Crippen molar-refractivity contribution in [1.82, 2.24) is 0 Å². The number of hydrogen-bond donors (Lipinski definition) is 0. The molecule has 0 N–H and O–H groups in total. The van der Waals surface area contributed by atoms with E-state index in [1.54, 1.807) is 0 Å². The number of fused-ring (bicyclic) bond motifs is 2. The predicted octanol–water partition coefficient (Wildman–Crippen LogP) is 3.67. The first-order chi connectivity index (χ1) is 7.75. The molecule has 0 aliphatic carbocycles. The van der Waals surface area contributed by atoms with Gasteiger partial charge < -0.3 is 4.90 Å². The monoisotopic (exact) mass is 209 g/mol. The summed E-state index contributed by atoms with van der Waals surface area (Å²) in [6.07, 6.45) is 1.05. The van der Waals surface area contributed by atoms with Crippen LogP contribution in [0.25, 0.3) is 0 Å². The number of anilines is 2. The number of nitrogens with zero attached hydrogens (tertiary/aromatic N) is 1. The molecule has 2 aromatic rings. The van der Waals surface area contributed by atoms with Gasteiger partial charge in [0.25, 0.3) is 0 Å². The van der Waals surface area contributed by atoms with Crippen molar-refractivity contribution in [1.29, 1.82) is 0 Å². The van der Waals surface area contributed by atoms with Gasteiger partial charge >= 0.3 is 0 Å². The fraction of sp³-hybridized carbons (Fsp3) is 0.200. The molecule has 2 aromatic carbocycles. The molecule has 80 valence electrons. The van der Waals surface area contributed by atoms with Crippen LogP contribution in [0.15, 0.2) is 42.5 Å². The van der Waals surface area contributed by atoms with Crippen molar-refractivity contribution in [2.45, 2.75) is 13.3 Å².